The van der Waals surface area contributed by atoms with Crippen LogP contribution in [-0.2, 0) is 0 Å². The van der Waals surface area contributed by atoms with Crippen molar-refractivity contribution >= 4 is 33.8 Å². The zero-order valence-electron chi connectivity index (χ0n) is 9.51. The fraction of sp³-hybridized carbons (Fsp3) is 0.0714. The van der Waals surface area contributed by atoms with Crippen LogP contribution in [0.3, 0.4) is 0 Å². The van der Waals surface area contributed by atoms with Crippen molar-refractivity contribution < 1.29 is 0 Å². The summed E-state index contributed by atoms with van der Waals surface area (Å²) in [5.41, 5.74) is 8.37. The van der Waals surface area contributed by atoms with Gasteiger partial charge in [-0.1, -0.05) is 29.8 Å². The third kappa shape index (κ3) is 2.01. The van der Waals surface area contributed by atoms with Crippen molar-refractivity contribution in [1.29, 1.82) is 0 Å². The maximum Gasteiger partial charge on any atom is 0.0931 e. The topological polar surface area (TPSA) is 38.9 Å². The molecule has 0 amide bonds. The van der Waals surface area contributed by atoms with Crippen LogP contribution in [0.1, 0.15) is 16.5 Å². The lowest BCUT2D eigenvalue weighted by Crippen LogP contribution is -2.10. The van der Waals surface area contributed by atoms with Crippen molar-refractivity contribution in [3.63, 3.8) is 0 Å². The maximum atomic E-state index is 6.32. The Morgan fingerprint density at radius 3 is 2.78 bits per heavy atom. The Balaban J connectivity index is 2.14. The van der Waals surface area contributed by atoms with Crippen molar-refractivity contribution in [3.8, 4) is 0 Å². The number of pyridine rings is 1. The van der Waals surface area contributed by atoms with E-state index in [0.29, 0.717) is 0 Å². The van der Waals surface area contributed by atoms with Crippen molar-refractivity contribution in [2.45, 2.75) is 6.04 Å². The zero-order valence-corrected chi connectivity index (χ0v) is 11.1. The molecule has 0 spiro atoms. The highest BCUT2D eigenvalue weighted by atomic mass is 35.5. The van der Waals surface area contributed by atoms with E-state index in [-0.39, 0.29) is 6.04 Å². The number of benzene rings is 1. The van der Waals surface area contributed by atoms with Gasteiger partial charge < -0.3 is 5.73 Å². The largest absolute Gasteiger partial charge is 0.320 e. The highest BCUT2D eigenvalue weighted by Gasteiger charge is 2.14. The third-order valence-electron chi connectivity index (χ3n) is 2.91. The van der Waals surface area contributed by atoms with Crippen LogP contribution in [0.4, 0.5) is 0 Å². The van der Waals surface area contributed by atoms with Crippen LogP contribution < -0.4 is 5.73 Å². The number of aromatic nitrogens is 1. The Morgan fingerprint density at radius 1 is 1.11 bits per heavy atom. The van der Waals surface area contributed by atoms with Crippen molar-refractivity contribution in [2.24, 2.45) is 5.73 Å². The second-order valence-electron chi connectivity index (χ2n) is 4.04. The monoisotopic (exact) mass is 274 g/mol. The summed E-state index contributed by atoms with van der Waals surface area (Å²) in [6.45, 7) is 0. The molecule has 0 fully saturated rings. The fourth-order valence-electron chi connectivity index (χ4n) is 2.05. The predicted octanol–water partition coefficient (Wildman–Crippen LogP) is 4.00. The van der Waals surface area contributed by atoms with E-state index in [1.54, 1.807) is 6.20 Å². The molecule has 0 aliphatic carbocycles. The Labute approximate surface area is 114 Å². The molecule has 0 saturated heterocycles. The minimum Gasteiger partial charge on any atom is -0.320 e. The van der Waals surface area contributed by atoms with Crippen LogP contribution in [0.15, 0.2) is 48.7 Å². The quantitative estimate of drug-likeness (QED) is 0.767. The summed E-state index contributed by atoms with van der Waals surface area (Å²) in [6, 6.07) is 13.7. The Morgan fingerprint density at radius 2 is 2.00 bits per heavy atom. The van der Waals surface area contributed by atoms with Crippen molar-refractivity contribution in [3.05, 3.63) is 63.4 Å². The number of fused-ring (bicyclic) bond motifs is 1. The van der Waals surface area contributed by atoms with Crippen LogP contribution in [0.2, 0.25) is 4.34 Å². The molecule has 2 aromatic heterocycles. The van der Waals surface area contributed by atoms with Gasteiger partial charge in [0.2, 0.25) is 0 Å². The van der Waals surface area contributed by atoms with Gasteiger partial charge in [-0.2, -0.15) is 0 Å². The molecule has 1 aromatic carbocycles. The SMILES string of the molecule is NC(c1ccc(Cl)s1)c1cccc2ncccc12. The summed E-state index contributed by atoms with van der Waals surface area (Å²) in [5.74, 6) is 0. The molecular weight excluding hydrogens is 264 g/mol. The molecular formula is C14H11ClN2S. The van der Waals surface area contributed by atoms with Crippen molar-refractivity contribution in [2.75, 3.05) is 0 Å². The van der Waals surface area contributed by atoms with Gasteiger partial charge in [0.1, 0.15) is 0 Å². The lowest BCUT2D eigenvalue weighted by atomic mass is 10.0. The van der Waals surface area contributed by atoms with Crippen LogP contribution in [-0.4, -0.2) is 4.98 Å². The average Bonchev–Trinajstić information content (AvgIpc) is 2.84. The molecule has 3 rings (SSSR count). The molecule has 4 heteroatoms. The molecule has 0 saturated carbocycles. The van der Waals surface area contributed by atoms with Gasteiger partial charge in [0.05, 0.1) is 15.9 Å². The van der Waals surface area contributed by atoms with Gasteiger partial charge in [-0.15, -0.1) is 11.3 Å². The summed E-state index contributed by atoms with van der Waals surface area (Å²) in [4.78, 5) is 5.41. The summed E-state index contributed by atoms with van der Waals surface area (Å²) < 4.78 is 0.763. The van der Waals surface area contributed by atoms with Gasteiger partial charge in [0.25, 0.3) is 0 Å². The number of rotatable bonds is 2. The molecule has 18 heavy (non-hydrogen) atoms. The van der Waals surface area contributed by atoms with Gasteiger partial charge >= 0.3 is 0 Å². The summed E-state index contributed by atoms with van der Waals surface area (Å²) >= 11 is 7.48. The summed E-state index contributed by atoms with van der Waals surface area (Å²) in [5, 5.41) is 1.09. The second kappa shape index (κ2) is 4.69. The van der Waals surface area contributed by atoms with Crippen LogP contribution >= 0.6 is 22.9 Å². The number of thiophene rings is 1. The first-order chi connectivity index (χ1) is 8.75. The summed E-state index contributed by atoms with van der Waals surface area (Å²) in [7, 11) is 0. The molecule has 0 bridgehead atoms. The van der Waals surface area contributed by atoms with Gasteiger partial charge in [0.15, 0.2) is 0 Å². The van der Waals surface area contributed by atoms with Crippen molar-refractivity contribution in [1.82, 2.24) is 4.98 Å². The van der Waals surface area contributed by atoms with Gasteiger partial charge in [-0.25, -0.2) is 0 Å². The highest BCUT2D eigenvalue weighted by molar-refractivity contribution is 7.16. The van der Waals surface area contributed by atoms with Gasteiger partial charge in [-0.3, -0.25) is 4.98 Å². The van der Waals surface area contributed by atoms with Gasteiger partial charge in [0, 0.05) is 16.5 Å². The molecule has 0 aliphatic rings. The number of nitrogens with two attached hydrogens (primary N) is 1. The number of halogens is 1. The van der Waals surface area contributed by atoms with E-state index in [4.69, 9.17) is 17.3 Å². The summed E-state index contributed by atoms with van der Waals surface area (Å²) in [6.07, 6.45) is 1.79. The molecule has 0 radical (unpaired) electrons. The third-order valence-corrected chi connectivity index (χ3v) is 4.23. The predicted molar refractivity (Wildman–Crippen MR) is 77.1 cm³/mol. The Bertz CT molecular complexity index is 688. The molecule has 3 aromatic rings. The number of hydrogen-bond acceptors (Lipinski definition) is 3. The molecule has 2 nitrogen and oxygen atoms in total. The first-order valence-electron chi connectivity index (χ1n) is 5.60. The lowest BCUT2D eigenvalue weighted by molar-refractivity contribution is 0.903. The highest BCUT2D eigenvalue weighted by Crippen LogP contribution is 2.32. The van der Waals surface area contributed by atoms with E-state index in [1.165, 1.54) is 11.3 Å². The molecule has 0 aliphatic heterocycles. The minimum absolute atomic E-state index is 0.157. The zero-order chi connectivity index (χ0) is 12.5. The van der Waals surface area contributed by atoms with Crippen LogP contribution in [0, 0.1) is 0 Å². The van der Waals surface area contributed by atoms with E-state index in [9.17, 15) is 0 Å². The molecule has 1 atom stereocenters. The fourth-order valence-corrected chi connectivity index (χ4v) is 3.13. The van der Waals surface area contributed by atoms with Crippen LogP contribution in [0.5, 0.6) is 0 Å². The van der Waals surface area contributed by atoms with E-state index in [1.807, 2.05) is 42.5 Å². The Hall–Kier alpha value is -1.42. The van der Waals surface area contributed by atoms with Crippen LogP contribution in [0.25, 0.3) is 10.9 Å². The molecule has 2 heterocycles. The molecule has 2 N–H and O–H groups in total. The van der Waals surface area contributed by atoms with E-state index in [2.05, 4.69) is 4.98 Å². The Kier molecular flexibility index (Phi) is 3.04. The smallest absolute Gasteiger partial charge is 0.0931 e. The first-order valence-corrected chi connectivity index (χ1v) is 6.79. The number of nitrogens with zero attached hydrogens (tertiary/aromatic N) is 1. The second-order valence-corrected chi connectivity index (χ2v) is 5.78. The number of hydrogen-bond donors (Lipinski definition) is 1. The van der Waals surface area contributed by atoms with E-state index >= 15 is 0 Å². The minimum atomic E-state index is -0.157. The average molecular weight is 275 g/mol. The van der Waals surface area contributed by atoms with E-state index in [0.717, 1.165) is 25.7 Å². The standard InChI is InChI=1S/C14H11ClN2S/c15-13-7-6-12(18-13)14(16)10-3-1-5-11-9(10)4-2-8-17-11/h1-8,14H,16H2. The lowest BCUT2D eigenvalue weighted by Gasteiger charge is -2.12. The molecule has 1 unspecified atom stereocenters. The van der Waals surface area contributed by atoms with Gasteiger partial charge in [-0.05, 0) is 29.8 Å². The maximum absolute atomic E-state index is 6.32. The molecule has 90 valence electrons. The first kappa shape index (κ1) is 11.7. The normalized spacial score (nSPS) is 12.8. The van der Waals surface area contributed by atoms with E-state index < -0.39 is 0 Å².